The molecule has 0 radical (unpaired) electrons. The molecule has 0 fully saturated rings. The lowest BCUT2D eigenvalue weighted by molar-refractivity contribution is 0.185. The van der Waals surface area contributed by atoms with Gasteiger partial charge in [0.1, 0.15) is 0 Å². The predicted molar refractivity (Wildman–Crippen MR) is 72.0 cm³/mol. The van der Waals surface area contributed by atoms with E-state index in [-0.39, 0.29) is 5.56 Å². The number of hydrogen-bond donors (Lipinski definition) is 1. The molecular weight excluding hydrogens is 228 g/mol. The van der Waals surface area contributed by atoms with Crippen LogP contribution in [0.15, 0.2) is 10.9 Å². The first kappa shape index (κ1) is 13.3. The van der Waals surface area contributed by atoms with Crippen LogP contribution in [-0.4, -0.2) is 24.8 Å². The molecule has 0 unspecified atom stereocenters. The van der Waals surface area contributed by atoms with Gasteiger partial charge in [0.25, 0.3) is 5.56 Å². The first-order valence-electron chi connectivity index (χ1n) is 6.72. The summed E-state index contributed by atoms with van der Waals surface area (Å²) in [6, 6.07) is 2.09. The Labute approximate surface area is 108 Å². The third-order valence-corrected chi connectivity index (χ3v) is 3.51. The molecule has 2 rings (SSSR count). The minimum atomic E-state index is 0.147. The summed E-state index contributed by atoms with van der Waals surface area (Å²) >= 11 is 0. The molecule has 1 N–H and O–H groups in total. The largest absolute Gasteiger partial charge is 0.383 e. The molecule has 4 heteroatoms. The summed E-state index contributed by atoms with van der Waals surface area (Å²) in [5.74, 6) is 0. The summed E-state index contributed by atoms with van der Waals surface area (Å²) in [6.07, 6.45) is 3.28. The van der Waals surface area contributed by atoms with Crippen molar-refractivity contribution >= 4 is 0 Å². The lowest BCUT2D eigenvalue weighted by Gasteiger charge is -2.14. The van der Waals surface area contributed by atoms with Gasteiger partial charge in [-0.1, -0.05) is 6.92 Å². The molecule has 1 heterocycles. The maximum Gasteiger partial charge on any atom is 0.255 e. The van der Waals surface area contributed by atoms with Gasteiger partial charge in [-0.2, -0.15) is 0 Å². The highest BCUT2D eigenvalue weighted by atomic mass is 16.5. The molecule has 0 aliphatic heterocycles. The smallest absolute Gasteiger partial charge is 0.255 e. The first-order valence-corrected chi connectivity index (χ1v) is 6.72. The van der Waals surface area contributed by atoms with E-state index in [1.807, 2.05) is 4.57 Å². The van der Waals surface area contributed by atoms with Crippen molar-refractivity contribution in [2.24, 2.45) is 0 Å². The third-order valence-electron chi connectivity index (χ3n) is 3.51. The number of hydrogen-bond acceptors (Lipinski definition) is 3. The standard InChI is InChI=1S/C14H22N2O2/c1-3-15-10-12-9-11-5-4-6-13(11)16(14(12)17)7-8-18-2/h9,15H,3-8,10H2,1-2H3. The van der Waals surface area contributed by atoms with E-state index in [0.29, 0.717) is 19.7 Å². The van der Waals surface area contributed by atoms with Gasteiger partial charge in [-0.15, -0.1) is 0 Å². The molecule has 1 aromatic heterocycles. The second-order valence-corrected chi connectivity index (χ2v) is 4.72. The second-order valence-electron chi connectivity index (χ2n) is 4.72. The minimum Gasteiger partial charge on any atom is -0.383 e. The Hall–Kier alpha value is -1.13. The highest BCUT2D eigenvalue weighted by Gasteiger charge is 2.18. The van der Waals surface area contributed by atoms with Gasteiger partial charge < -0.3 is 14.6 Å². The molecule has 0 amide bonds. The van der Waals surface area contributed by atoms with E-state index >= 15 is 0 Å². The van der Waals surface area contributed by atoms with Crippen LogP contribution in [0.5, 0.6) is 0 Å². The Morgan fingerprint density at radius 3 is 3.00 bits per heavy atom. The van der Waals surface area contributed by atoms with Crippen LogP contribution >= 0.6 is 0 Å². The second kappa shape index (κ2) is 6.16. The molecule has 0 saturated heterocycles. The zero-order valence-corrected chi connectivity index (χ0v) is 11.3. The number of fused-ring (bicyclic) bond motifs is 1. The number of aryl methyl sites for hydroxylation is 1. The maximum absolute atomic E-state index is 12.4. The first-order chi connectivity index (χ1) is 8.77. The van der Waals surface area contributed by atoms with E-state index in [9.17, 15) is 4.79 Å². The highest BCUT2D eigenvalue weighted by molar-refractivity contribution is 5.30. The van der Waals surface area contributed by atoms with Gasteiger partial charge in [0.2, 0.25) is 0 Å². The van der Waals surface area contributed by atoms with Crippen LogP contribution in [0.1, 0.15) is 30.2 Å². The summed E-state index contributed by atoms with van der Waals surface area (Å²) in [5, 5.41) is 3.24. The number of pyridine rings is 1. The molecule has 0 bridgehead atoms. The molecule has 0 saturated carbocycles. The Bertz CT molecular complexity index is 466. The van der Waals surface area contributed by atoms with E-state index in [1.54, 1.807) is 7.11 Å². The topological polar surface area (TPSA) is 43.3 Å². The SMILES string of the molecule is CCNCc1cc2c(n(CCOC)c1=O)CCC2. The average Bonchev–Trinajstić information content (AvgIpc) is 2.83. The van der Waals surface area contributed by atoms with Gasteiger partial charge in [0.15, 0.2) is 0 Å². The third kappa shape index (κ3) is 2.65. The lowest BCUT2D eigenvalue weighted by Crippen LogP contribution is -2.30. The Morgan fingerprint density at radius 2 is 2.28 bits per heavy atom. The summed E-state index contributed by atoms with van der Waals surface area (Å²) in [5.41, 5.74) is 3.60. The predicted octanol–water partition coefficient (Wildman–Crippen LogP) is 1.09. The molecule has 100 valence electrons. The molecule has 1 aromatic rings. The van der Waals surface area contributed by atoms with Crippen LogP contribution in [0.3, 0.4) is 0 Å². The van der Waals surface area contributed by atoms with Crippen molar-refractivity contribution in [1.82, 2.24) is 9.88 Å². The fourth-order valence-electron chi connectivity index (χ4n) is 2.59. The van der Waals surface area contributed by atoms with Gasteiger partial charge >= 0.3 is 0 Å². The summed E-state index contributed by atoms with van der Waals surface area (Å²) in [4.78, 5) is 12.4. The van der Waals surface area contributed by atoms with Crippen molar-refractivity contribution in [2.45, 2.75) is 39.3 Å². The minimum absolute atomic E-state index is 0.147. The van der Waals surface area contributed by atoms with Crippen molar-refractivity contribution in [2.75, 3.05) is 20.3 Å². The molecule has 18 heavy (non-hydrogen) atoms. The van der Waals surface area contributed by atoms with Crippen molar-refractivity contribution < 1.29 is 4.74 Å². The van der Waals surface area contributed by atoms with E-state index in [2.05, 4.69) is 18.3 Å². The molecule has 0 spiro atoms. The fraction of sp³-hybridized carbons (Fsp3) is 0.643. The van der Waals surface area contributed by atoms with Crippen LogP contribution < -0.4 is 10.9 Å². The fourth-order valence-corrected chi connectivity index (χ4v) is 2.59. The molecule has 4 nitrogen and oxygen atoms in total. The summed E-state index contributed by atoms with van der Waals surface area (Å²) in [6.45, 7) is 4.86. The number of rotatable bonds is 6. The lowest BCUT2D eigenvalue weighted by atomic mass is 10.1. The number of aromatic nitrogens is 1. The van der Waals surface area contributed by atoms with Gasteiger partial charge in [-0.25, -0.2) is 0 Å². The number of nitrogens with zero attached hydrogens (tertiary/aromatic N) is 1. The van der Waals surface area contributed by atoms with Gasteiger partial charge in [-0.3, -0.25) is 4.79 Å². The van der Waals surface area contributed by atoms with E-state index < -0.39 is 0 Å². The van der Waals surface area contributed by atoms with E-state index in [1.165, 1.54) is 11.3 Å². The van der Waals surface area contributed by atoms with Gasteiger partial charge in [0, 0.05) is 31.5 Å². The zero-order valence-electron chi connectivity index (χ0n) is 11.3. The van der Waals surface area contributed by atoms with Crippen molar-refractivity contribution in [3.05, 3.63) is 33.2 Å². The number of ether oxygens (including phenoxy) is 1. The van der Waals surface area contributed by atoms with Gasteiger partial charge in [0.05, 0.1) is 6.61 Å². The van der Waals surface area contributed by atoms with Gasteiger partial charge in [-0.05, 0) is 37.4 Å². The summed E-state index contributed by atoms with van der Waals surface area (Å²) < 4.78 is 7.02. The van der Waals surface area contributed by atoms with Crippen LogP contribution in [0.4, 0.5) is 0 Å². The van der Waals surface area contributed by atoms with Crippen LogP contribution in [-0.2, 0) is 30.7 Å². The number of methoxy groups -OCH3 is 1. The van der Waals surface area contributed by atoms with Crippen LogP contribution in [0.2, 0.25) is 0 Å². The Balaban J connectivity index is 2.35. The van der Waals surface area contributed by atoms with E-state index in [4.69, 9.17) is 4.74 Å². The molecule has 1 aliphatic carbocycles. The average molecular weight is 250 g/mol. The Morgan fingerprint density at radius 1 is 1.44 bits per heavy atom. The van der Waals surface area contributed by atoms with Crippen LogP contribution in [0, 0.1) is 0 Å². The summed E-state index contributed by atoms with van der Waals surface area (Å²) in [7, 11) is 1.67. The normalized spacial score (nSPS) is 13.9. The quantitative estimate of drug-likeness (QED) is 0.822. The monoisotopic (exact) mass is 250 g/mol. The van der Waals surface area contributed by atoms with Crippen LogP contribution in [0.25, 0.3) is 0 Å². The van der Waals surface area contributed by atoms with Crippen molar-refractivity contribution in [1.29, 1.82) is 0 Å². The highest BCUT2D eigenvalue weighted by Crippen LogP contribution is 2.21. The maximum atomic E-state index is 12.4. The molecule has 0 atom stereocenters. The van der Waals surface area contributed by atoms with E-state index in [0.717, 1.165) is 31.4 Å². The van der Waals surface area contributed by atoms with Crippen molar-refractivity contribution in [3.8, 4) is 0 Å². The molecule has 0 aromatic carbocycles. The number of nitrogens with one attached hydrogen (secondary N) is 1. The zero-order chi connectivity index (χ0) is 13.0. The molecule has 1 aliphatic rings. The Kier molecular flexibility index (Phi) is 4.55. The van der Waals surface area contributed by atoms with Crippen molar-refractivity contribution in [3.63, 3.8) is 0 Å². The molecular formula is C14H22N2O2.